The summed E-state index contributed by atoms with van der Waals surface area (Å²) in [6.07, 6.45) is 3.63. The van der Waals surface area contributed by atoms with E-state index in [2.05, 4.69) is 27.3 Å². The molecular formula is C25H30FN5O2S. The Morgan fingerprint density at radius 2 is 1.71 bits per heavy atom. The summed E-state index contributed by atoms with van der Waals surface area (Å²) in [5.74, 6) is 1.08. The van der Waals surface area contributed by atoms with E-state index in [1.165, 1.54) is 43.2 Å². The van der Waals surface area contributed by atoms with Gasteiger partial charge in [-0.05, 0) is 88.3 Å². The molecule has 1 aliphatic rings. The van der Waals surface area contributed by atoms with Crippen molar-refractivity contribution in [3.63, 3.8) is 0 Å². The fraction of sp³-hybridized carbons (Fsp3) is 0.400. The van der Waals surface area contributed by atoms with Gasteiger partial charge in [-0.1, -0.05) is 18.2 Å². The first-order chi connectivity index (χ1) is 16.5. The second kappa shape index (κ2) is 11.0. The van der Waals surface area contributed by atoms with Gasteiger partial charge in [0, 0.05) is 11.4 Å². The highest BCUT2D eigenvalue weighted by Crippen LogP contribution is 2.32. The number of nitrogens with one attached hydrogen (secondary N) is 1. The number of benzene rings is 2. The van der Waals surface area contributed by atoms with Crippen molar-refractivity contribution in [3.05, 3.63) is 60.2 Å². The molecular weight excluding hydrogens is 453 g/mol. The van der Waals surface area contributed by atoms with Crippen LogP contribution < -0.4 is 10.1 Å². The zero-order valence-electron chi connectivity index (χ0n) is 19.7. The van der Waals surface area contributed by atoms with Crippen molar-refractivity contribution in [1.82, 2.24) is 19.7 Å². The van der Waals surface area contributed by atoms with Gasteiger partial charge in [-0.25, -0.2) is 4.39 Å². The summed E-state index contributed by atoms with van der Waals surface area (Å²) >= 11 is 1.34. The van der Waals surface area contributed by atoms with Crippen LogP contribution in [0.5, 0.6) is 5.75 Å². The molecule has 0 unspecified atom stereocenters. The summed E-state index contributed by atoms with van der Waals surface area (Å²) in [4.78, 5) is 15.3. The number of likely N-dealkylation sites (tertiary alicyclic amines) is 1. The van der Waals surface area contributed by atoms with E-state index >= 15 is 0 Å². The Hall–Kier alpha value is -2.91. The molecule has 2 heterocycles. The number of hydrogen-bond donors (Lipinski definition) is 1. The number of rotatable bonds is 8. The molecule has 1 aliphatic heterocycles. The first-order valence-corrected chi connectivity index (χ1v) is 12.4. The molecule has 0 radical (unpaired) electrons. The number of amides is 1. The van der Waals surface area contributed by atoms with Crippen LogP contribution in [0.4, 0.5) is 10.1 Å². The van der Waals surface area contributed by atoms with Crippen LogP contribution in [-0.2, 0) is 4.79 Å². The highest BCUT2D eigenvalue weighted by molar-refractivity contribution is 8.00. The summed E-state index contributed by atoms with van der Waals surface area (Å²) in [5.41, 5.74) is 1.47. The molecule has 7 nitrogen and oxygen atoms in total. The Balaban J connectivity index is 1.59. The molecule has 1 fully saturated rings. The first kappa shape index (κ1) is 24.2. The van der Waals surface area contributed by atoms with E-state index < -0.39 is 5.25 Å². The average molecular weight is 484 g/mol. The third-order valence-corrected chi connectivity index (χ3v) is 7.11. The summed E-state index contributed by atoms with van der Waals surface area (Å²) < 4.78 is 20.5. The summed E-state index contributed by atoms with van der Waals surface area (Å²) in [7, 11) is 1.64. The quantitative estimate of drug-likeness (QED) is 0.451. The molecule has 0 aliphatic carbocycles. The van der Waals surface area contributed by atoms with Crippen molar-refractivity contribution in [2.45, 2.75) is 49.6 Å². The predicted molar refractivity (Wildman–Crippen MR) is 132 cm³/mol. The molecule has 1 amide bonds. The van der Waals surface area contributed by atoms with Crippen molar-refractivity contribution < 1.29 is 13.9 Å². The Morgan fingerprint density at radius 3 is 2.35 bits per heavy atom. The van der Waals surface area contributed by atoms with Gasteiger partial charge in [-0.15, -0.1) is 10.2 Å². The maximum Gasteiger partial charge on any atom is 0.237 e. The highest BCUT2D eigenvalue weighted by atomic mass is 32.2. The zero-order valence-corrected chi connectivity index (χ0v) is 20.5. The number of ether oxygens (including phenoxy) is 1. The molecule has 0 spiro atoms. The van der Waals surface area contributed by atoms with Crippen molar-refractivity contribution >= 4 is 23.4 Å². The Labute approximate surface area is 203 Å². The van der Waals surface area contributed by atoms with Crippen LogP contribution >= 0.6 is 11.8 Å². The molecule has 1 N–H and O–H groups in total. The molecule has 2 aromatic carbocycles. The normalized spacial score (nSPS) is 16.1. The lowest BCUT2D eigenvalue weighted by Gasteiger charge is -2.32. The van der Waals surface area contributed by atoms with Crippen molar-refractivity contribution in [2.24, 2.45) is 0 Å². The number of methoxy groups -OCH3 is 1. The van der Waals surface area contributed by atoms with E-state index in [1.807, 2.05) is 35.8 Å². The van der Waals surface area contributed by atoms with E-state index in [0.717, 1.165) is 30.4 Å². The van der Waals surface area contributed by atoms with Gasteiger partial charge in [0.25, 0.3) is 0 Å². The van der Waals surface area contributed by atoms with E-state index in [4.69, 9.17) is 4.74 Å². The van der Waals surface area contributed by atoms with Gasteiger partial charge >= 0.3 is 0 Å². The molecule has 0 bridgehead atoms. The summed E-state index contributed by atoms with van der Waals surface area (Å²) in [6.45, 7) is 6.06. The van der Waals surface area contributed by atoms with Crippen LogP contribution in [0.1, 0.15) is 45.0 Å². The number of thioether (sulfide) groups is 1. The van der Waals surface area contributed by atoms with Gasteiger partial charge in [0.05, 0.1) is 18.4 Å². The van der Waals surface area contributed by atoms with Gasteiger partial charge in [0.2, 0.25) is 5.91 Å². The lowest BCUT2D eigenvalue weighted by atomic mass is 10.1. The molecule has 2 atom stereocenters. The Bertz CT molecular complexity index is 1100. The summed E-state index contributed by atoms with van der Waals surface area (Å²) in [5, 5.41) is 12.1. The Kier molecular flexibility index (Phi) is 7.84. The van der Waals surface area contributed by atoms with Gasteiger partial charge in [0.1, 0.15) is 11.6 Å². The summed E-state index contributed by atoms with van der Waals surface area (Å²) in [6, 6.07) is 13.6. The second-order valence-corrected chi connectivity index (χ2v) is 9.71. The van der Waals surface area contributed by atoms with Crippen molar-refractivity contribution in [3.8, 4) is 11.4 Å². The van der Waals surface area contributed by atoms with E-state index in [1.54, 1.807) is 19.2 Å². The molecule has 1 saturated heterocycles. The smallest absolute Gasteiger partial charge is 0.237 e. The fourth-order valence-corrected chi connectivity index (χ4v) is 4.93. The SMILES string of the molecule is COc1ccc(-n2c(S[C@@H](C)C(=O)Nc3ccc(F)cc3)nnc2[C@@H](C)N2CCCCC2)cc1. The largest absolute Gasteiger partial charge is 0.497 e. The van der Waals surface area contributed by atoms with Crippen LogP contribution in [0.3, 0.4) is 0 Å². The number of aromatic nitrogens is 3. The van der Waals surface area contributed by atoms with Gasteiger partial charge in [-0.2, -0.15) is 0 Å². The number of halogens is 1. The van der Waals surface area contributed by atoms with Crippen LogP contribution in [0, 0.1) is 5.82 Å². The molecule has 34 heavy (non-hydrogen) atoms. The van der Waals surface area contributed by atoms with E-state index in [9.17, 15) is 9.18 Å². The number of carbonyl (C=O) groups is 1. The average Bonchev–Trinajstić information content (AvgIpc) is 3.28. The third kappa shape index (κ3) is 5.59. The van der Waals surface area contributed by atoms with Crippen LogP contribution in [0.2, 0.25) is 0 Å². The maximum absolute atomic E-state index is 13.2. The number of nitrogens with zero attached hydrogens (tertiary/aromatic N) is 4. The van der Waals surface area contributed by atoms with E-state index in [-0.39, 0.29) is 17.8 Å². The van der Waals surface area contributed by atoms with Crippen LogP contribution in [0.15, 0.2) is 53.7 Å². The number of carbonyl (C=O) groups excluding carboxylic acids is 1. The highest BCUT2D eigenvalue weighted by Gasteiger charge is 2.27. The maximum atomic E-state index is 13.2. The minimum atomic E-state index is -0.440. The Morgan fingerprint density at radius 1 is 1.03 bits per heavy atom. The predicted octanol–water partition coefficient (Wildman–Crippen LogP) is 5.08. The van der Waals surface area contributed by atoms with Crippen LogP contribution in [0.25, 0.3) is 5.69 Å². The standard InChI is InChI=1S/C25H30FN5O2S/c1-17(30-15-5-4-6-16-30)23-28-29-25(31(23)21-11-13-22(33-3)14-12-21)34-18(2)24(32)27-20-9-7-19(26)8-10-20/h7-14,17-18H,4-6,15-16H2,1-3H3,(H,27,32)/t17-,18+/m1/s1. The monoisotopic (exact) mass is 483 g/mol. The molecule has 3 aromatic rings. The molecule has 180 valence electrons. The first-order valence-electron chi connectivity index (χ1n) is 11.5. The molecule has 9 heteroatoms. The van der Waals surface area contributed by atoms with Crippen molar-refractivity contribution in [1.29, 1.82) is 0 Å². The van der Waals surface area contributed by atoms with Gasteiger partial charge < -0.3 is 10.1 Å². The van der Waals surface area contributed by atoms with Crippen molar-refractivity contribution in [2.75, 3.05) is 25.5 Å². The number of anilines is 1. The van der Waals surface area contributed by atoms with Gasteiger partial charge in [0.15, 0.2) is 11.0 Å². The lowest BCUT2D eigenvalue weighted by molar-refractivity contribution is -0.115. The number of hydrogen-bond acceptors (Lipinski definition) is 6. The minimum absolute atomic E-state index is 0.0904. The molecule has 1 aromatic heterocycles. The fourth-order valence-electron chi connectivity index (χ4n) is 4.06. The minimum Gasteiger partial charge on any atom is -0.497 e. The van der Waals surface area contributed by atoms with Gasteiger partial charge in [-0.3, -0.25) is 14.3 Å². The topological polar surface area (TPSA) is 72.3 Å². The lowest BCUT2D eigenvalue weighted by Crippen LogP contribution is -2.33. The molecule has 4 rings (SSSR count). The zero-order chi connectivity index (χ0) is 24.1. The third-order valence-electron chi connectivity index (χ3n) is 6.06. The van der Waals surface area contributed by atoms with Crippen LogP contribution in [-0.4, -0.2) is 51.0 Å². The molecule has 0 saturated carbocycles. The number of piperidine rings is 1. The second-order valence-electron chi connectivity index (χ2n) is 8.40. The van der Waals surface area contributed by atoms with E-state index in [0.29, 0.717) is 10.8 Å².